The Morgan fingerprint density at radius 2 is 1.69 bits per heavy atom. The Morgan fingerprint density at radius 3 is 2.45 bits per heavy atom. The highest BCUT2D eigenvalue weighted by Gasteiger charge is 2.44. The number of carbonyl (C=O) groups is 2. The molecule has 2 bridgehead atoms. The van der Waals surface area contributed by atoms with E-state index in [0.717, 1.165) is 42.1 Å². The topological polar surface area (TPSA) is 60.9 Å². The lowest BCUT2D eigenvalue weighted by Crippen LogP contribution is -2.59. The fourth-order valence-electron chi connectivity index (χ4n) is 5.56. The van der Waals surface area contributed by atoms with Crippen LogP contribution in [0.15, 0.2) is 42.5 Å². The Labute approximate surface area is 171 Å². The molecular weight excluding hydrogens is 364 g/mol. The van der Waals surface area contributed by atoms with Gasteiger partial charge in [0.1, 0.15) is 0 Å². The van der Waals surface area contributed by atoms with Crippen molar-refractivity contribution in [1.29, 1.82) is 0 Å². The van der Waals surface area contributed by atoms with Crippen LogP contribution in [0.3, 0.4) is 0 Å². The molecule has 0 aromatic heterocycles. The molecule has 3 atom stereocenters. The van der Waals surface area contributed by atoms with Gasteiger partial charge in [0.15, 0.2) is 0 Å². The summed E-state index contributed by atoms with van der Waals surface area (Å²) in [6.45, 7) is 2.03. The smallest absolute Gasteiger partial charge is 0.254 e. The number of likely N-dealkylation sites (tertiary alicyclic amines) is 1. The lowest BCUT2D eigenvalue weighted by Gasteiger charge is -2.49. The largest absolute Gasteiger partial charge is 0.391 e. The maximum absolute atomic E-state index is 13.1. The number of fused-ring (bicyclic) bond motifs is 4. The summed E-state index contributed by atoms with van der Waals surface area (Å²) in [5.74, 6) is 0.668. The molecule has 1 N–H and O–H groups in total. The Balaban J connectivity index is 1.26. The molecule has 6 rings (SSSR count). The van der Waals surface area contributed by atoms with Crippen molar-refractivity contribution in [2.24, 2.45) is 11.8 Å². The summed E-state index contributed by atoms with van der Waals surface area (Å²) in [5, 5.41) is 12.4. The van der Waals surface area contributed by atoms with Crippen LogP contribution in [0.25, 0.3) is 10.8 Å². The van der Waals surface area contributed by atoms with E-state index in [2.05, 4.69) is 0 Å². The van der Waals surface area contributed by atoms with E-state index < -0.39 is 0 Å². The minimum absolute atomic E-state index is 0.00263. The van der Waals surface area contributed by atoms with Crippen LogP contribution in [-0.4, -0.2) is 58.5 Å². The number of aliphatic hydroxyl groups excluding tert-OH is 1. The maximum Gasteiger partial charge on any atom is 0.254 e. The highest BCUT2D eigenvalue weighted by molar-refractivity contribution is 6.07. The van der Waals surface area contributed by atoms with Crippen LogP contribution >= 0.6 is 0 Å². The lowest BCUT2D eigenvalue weighted by atomic mass is 9.77. The number of benzene rings is 2. The van der Waals surface area contributed by atoms with Crippen LogP contribution < -0.4 is 0 Å². The maximum atomic E-state index is 13.1. The van der Waals surface area contributed by atoms with Crippen LogP contribution in [0.4, 0.5) is 0 Å². The molecule has 3 unspecified atom stereocenters. The number of amides is 2. The third kappa shape index (κ3) is 3.31. The van der Waals surface area contributed by atoms with Crippen LogP contribution in [0.2, 0.25) is 0 Å². The second-order valence-electron chi connectivity index (χ2n) is 8.90. The second-order valence-corrected chi connectivity index (χ2v) is 8.90. The van der Waals surface area contributed by atoms with Gasteiger partial charge in [0.05, 0.1) is 12.1 Å². The van der Waals surface area contributed by atoms with Crippen LogP contribution in [0, 0.1) is 11.8 Å². The molecular formula is C24H28N2O3. The van der Waals surface area contributed by atoms with Crippen LogP contribution in [-0.2, 0) is 4.79 Å². The predicted octanol–water partition coefficient (Wildman–Crippen LogP) is 3.06. The van der Waals surface area contributed by atoms with Gasteiger partial charge in [-0.05, 0) is 54.9 Å². The second kappa shape index (κ2) is 7.45. The number of hydrogen-bond donors (Lipinski definition) is 1. The van der Waals surface area contributed by atoms with Gasteiger partial charge in [0.2, 0.25) is 5.91 Å². The first-order chi connectivity index (χ1) is 14.1. The van der Waals surface area contributed by atoms with Crippen molar-refractivity contribution in [1.82, 2.24) is 9.80 Å². The summed E-state index contributed by atoms with van der Waals surface area (Å²) in [6, 6.07) is 13.8. The number of rotatable bonds is 2. The van der Waals surface area contributed by atoms with Crippen molar-refractivity contribution in [3.8, 4) is 0 Å². The molecule has 152 valence electrons. The van der Waals surface area contributed by atoms with Crippen molar-refractivity contribution >= 4 is 22.6 Å². The Bertz CT molecular complexity index is 929. The third-order valence-corrected chi connectivity index (χ3v) is 7.18. The highest BCUT2D eigenvalue weighted by Crippen LogP contribution is 2.37. The number of nitrogens with zero attached hydrogens (tertiary/aromatic N) is 2. The fraction of sp³-hybridized carbons (Fsp3) is 0.500. The zero-order valence-corrected chi connectivity index (χ0v) is 16.7. The van der Waals surface area contributed by atoms with Gasteiger partial charge < -0.3 is 14.9 Å². The van der Waals surface area contributed by atoms with Crippen molar-refractivity contribution < 1.29 is 14.7 Å². The zero-order chi connectivity index (χ0) is 20.0. The molecule has 0 spiro atoms. The minimum atomic E-state index is -0.362. The Morgan fingerprint density at radius 1 is 0.931 bits per heavy atom. The van der Waals surface area contributed by atoms with E-state index in [0.29, 0.717) is 31.8 Å². The number of piperidine rings is 3. The van der Waals surface area contributed by atoms with Gasteiger partial charge in [0.25, 0.3) is 5.91 Å². The van der Waals surface area contributed by atoms with Gasteiger partial charge in [-0.25, -0.2) is 0 Å². The summed E-state index contributed by atoms with van der Waals surface area (Å²) < 4.78 is 0. The quantitative estimate of drug-likeness (QED) is 0.855. The molecule has 4 aliphatic rings. The minimum Gasteiger partial charge on any atom is -0.391 e. The molecule has 5 heteroatoms. The molecule has 2 amide bonds. The number of carbonyl (C=O) groups excluding carboxylic acids is 2. The molecule has 29 heavy (non-hydrogen) atoms. The highest BCUT2D eigenvalue weighted by atomic mass is 16.3. The van der Waals surface area contributed by atoms with Crippen LogP contribution in [0.5, 0.6) is 0 Å². The molecule has 1 aliphatic carbocycles. The van der Waals surface area contributed by atoms with Crippen molar-refractivity contribution in [3.05, 3.63) is 48.0 Å². The van der Waals surface area contributed by atoms with Crippen molar-refractivity contribution in [3.63, 3.8) is 0 Å². The molecule has 2 aromatic carbocycles. The van der Waals surface area contributed by atoms with Crippen molar-refractivity contribution in [2.45, 2.75) is 44.2 Å². The third-order valence-electron chi connectivity index (χ3n) is 7.18. The predicted molar refractivity (Wildman–Crippen MR) is 111 cm³/mol. The SMILES string of the molecule is O=C(c1cccc2ccccc12)N1CCC(C(=O)N2CC3CCC2C(O)C3)CC1. The first kappa shape index (κ1) is 18.6. The van der Waals surface area contributed by atoms with E-state index in [4.69, 9.17) is 0 Å². The normalized spacial score (nSPS) is 27.4. The van der Waals surface area contributed by atoms with Crippen molar-refractivity contribution in [2.75, 3.05) is 19.6 Å². The first-order valence-electron chi connectivity index (χ1n) is 10.9. The van der Waals surface area contributed by atoms with Gasteiger partial charge >= 0.3 is 0 Å². The zero-order valence-electron chi connectivity index (χ0n) is 16.7. The number of aliphatic hydroxyl groups is 1. The summed E-state index contributed by atoms with van der Waals surface area (Å²) in [6.07, 6.45) is 3.95. The average molecular weight is 392 g/mol. The summed E-state index contributed by atoms with van der Waals surface area (Å²) in [5.41, 5.74) is 0.740. The molecule has 2 aromatic rings. The van der Waals surface area contributed by atoms with Gasteiger partial charge in [-0.15, -0.1) is 0 Å². The summed E-state index contributed by atoms with van der Waals surface area (Å²) in [4.78, 5) is 30.1. The lowest BCUT2D eigenvalue weighted by molar-refractivity contribution is -0.151. The van der Waals surface area contributed by atoms with E-state index in [9.17, 15) is 14.7 Å². The molecule has 5 nitrogen and oxygen atoms in total. The van der Waals surface area contributed by atoms with Gasteiger partial charge in [-0.1, -0.05) is 36.4 Å². The van der Waals surface area contributed by atoms with Gasteiger partial charge in [0, 0.05) is 31.1 Å². The Kier molecular flexibility index (Phi) is 4.78. The van der Waals surface area contributed by atoms with Gasteiger partial charge in [-0.3, -0.25) is 9.59 Å². The van der Waals surface area contributed by atoms with E-state index >= 15 is 0 Å². The summed E-state index contributed by atoms with van der Waals surface area (Å²) >= 11 is 0. The average Bonchev–Trinajstić information content (AvgIpc) is 2.78. The molecule has 1 saturated carbocycles. The first-order valence-corrected chi connectivity index (χ1v) is 10.9. The van der Waals surface area contributed by atoms with E-state index in [1.165, 1.54) is 0 Å². The molecule has 3 aliphatic heterocycles. The monoisotopic (exact) mass is 392 g/mol. The standard InChI is InChI=1S/C24H28N2O3/c27-22-14-16-8-9-21(22)26(15-16)23(28)18-10-12-25(13-11-18)24(29)20-7-3-5-17-4-1-2-6-19(17)20/h1-7,16,18,21-22,27H,8-15H2. The molecule has 3 heterocycles. The molecule has 0 radical (unpaired) electrons. The molecule has 3 saturated heterocycles. The van der Waals surface area contributed by atoms with E-state index in [1.807, 2.05) is 52.3 Å². The molecule has 4 fully saturated rings. The summed E-state index contributed by atoms with van der Waals surface area (Å²) in [7, 11) is 0. The number of hydrogen-bond acceptors (Lipinski definition) is 3. The van der Waals surface area contributed by atoms with Gasteiger partial charge in [-0.2, -0.15) is 0 Å². The van der Waals surface area contributed by atoms with E-state index in [1.54, 1.807) is 0 Å². The van der Waals surface area contributed by atoms with Crippen LogP contribution in [0.1, 0.15) is 42.5 Å². The van der Waals surface area contributed by atoms with E-state index in [-0.39, 0.29) is 29.9 Å². The fourth-order valence-corrected chi connectivity index (χ4v) is 5.56. The Hall–Kier alpha value is -2.40.